The maximum Gasteiger partial charge on any atom is 0.264 e. The first-order chi connectivity index (χ1) is 13.5. The van der Waals surface area contributed by atoms with Gasteiger partial charge >= 0.3 is 0 Å². The Bertz CT molecular complexity index is 799. The van der Waals surface area contributed by atoms with Crippen LogP contribution in [0.25, 0.3) is 0 Å². The highest BCUT2D eigenvalue weighted by Gasteiger charge is 2.45. The van der Waals surface area contributed by atoms with Crippen molar-refractivity contribution in [2.45, 2.75) is 51.0 Å². The molecule has 1 aromatic rings. The summed E-state index contributed by atoms with van der Waals surface area (Å²) in [6, 6.07) is 4.15. The van der Waals surface area contributed by atoms with Crippen LogP contribution in [-0.2, 0) is 9.59 Å². The zero-order valence-electron chi connectivity index (χ0n) is 16.2. The number of halogens is 1. The molecule has 158 valence electrons. The van der Waals surface area contributed by atoms with E-state index in [9.17, 15) is 19.2 Å². The third-order valence-corrected chi connectivity index (χ3v) is 5.16. The first-order valence-electron chi connectivity index (χ1n) is 9.83. The Hall–Kier alpha value is -2.45. The van der Waals surface area contributed by atoms with E-state index >= 15 is 0 Å². The summed E-state index contributed by atoms with van der Waals surface area (Å²) in [4.78, 5) is 50.2. The molecule has 8 nitrogen and oxygen atoms in total. The fraction of sp³-hybridized carbons (Fsp3) is 0.500. The van der Waals surface area contributed by atoms with E-state index in [1.165, 1.54) is 0 Å². The Balaban J connectivity index is 0.00000300. The second-order valence-corrected chi connectivity index (χ2v) is 7.16. The lowest BCUT2D eigenvalue weighted by Gasteiger charge is -2.27. The summed E-state index contributed by atoms with van der Waals surface area (Å²) in [6.45, 7) is 1.41. The van der Waals surface area contributed by atoms with Gasteiger partial charge in [0.2, 0.25) is 11.8 Å². The SMILES string of the molecule is Cl.NCCCCCCCNc1cccc2c1C(=O)N(C1CCC(=O)NC1=O)C2=O. The molecule has 1 fully saturated rings. The van der Waals surface area contributed by atoms with Crippen molar-refractivity contribution in [1.29, 1.82) is 0 Å². The molecule has 0 aliphatic carbocycles. The van der Waals surface area contributed by atoms with Gasteiger partial charge in [0.15, 0.2) is 0 Å². The van der Waals surface area contributed by atoms with Crippen LogP contribution in [0, 0.1) is 0 Å². The first-order valence-corrected chi connectivity index (χ1v) is 9.83. The first kappa shape index (κ1) is 22.8. The predicted molar refractivity (Wildman–Crippen MR) is 111 cm³/mol. The molecule has 4 amide bonds. The number of carbonyl (C=O) groups is 4. The van der Waals surface area contributed by atoms with Gasteiger partial charge in [0, 0.05) is 18.7 Å². The van der Waals surface area contributed by atoms with E-state index < -0.39 is 23.8 Å². The summed E-state index contributed by atoms with van der Waals surface area (Å²) in [7, 11) is 0. The van der Waals surface area contributed by atoms with Crippen LogP contribution in [0.1, 0.15) is 65.7 Å². The molecule has 9 heteroatoms. The molecule has 3 rings (SSSR count). The van der Waals surface area contributed by atoms with Crippen molar-refractivity contribution in [3.63, 3.8) is 0 Å². The van der Waals surface area contributed by atoms with Crippen molar-refractivity contribution in [3.05, 3.63) is 29.3 Å². The molecule has 0 bridgehead atoms. The van der Waals surface area contributed by atoms with Crippen molar-refractivity contribution in [2.24, 2.45) is 5.73 Å². The second-order valence-electron chi connectivity index (χ2n) is 7.16. The van der Waals surface area contributed by atoms with Crippen LogP contribution in [0.5, 0.6) is 0 Å². The van der Waals surface area contributed by atoms with Gasteiger partial charge < -0.3 is 11.1 Å². The van der Waals surface area contributed by atoms with E-state index in [0.29, 0.717) is 29.9 Å². The van der Waals surface area contributed by atoms with E-state index in [4.69, 9.17) is 5.73 Å². The van der Waals surface area contributed by atoms with Gasteiger partial charge in [-0.3, -0.25) is 29.4 Å². The normalized spacial score (nSPS) is 18.4. The summed E-state index contributed by atoms with van der Waals surface area (Å²) < 4.78 is 0. The summed E-state index contributed by atoms with van der Waals surface area (Å²) in [5.74, 6) is -1.95. The summed E-state index contributed by atoms with van der Waals surface area (Å²) in [6.07, 6.45) is 5.55. The number of nitrogens with zero attached hydrogens (tertiary/aromatic N) is 1. The molecule has 1 atom stereocenters. The maximum absolute atomic E-state index is 12.9. The van der Waals surface area contributed by atoms with E-state index in [0.717, 1.165) is 37.0 Å². The van der Waals surface area contributed by atoms with Crippen molar-refractivity contribution >= 4 is 41.7 Å². The molecule has 0 radical (unpaired) electrons. The highest BCUT2D eigenvalue weighted by Crippen LogP contribution is 2.32. The molecule has 0 aromatic heterocycles. The van der Waals surface area contributed by atoms with Crippen LogP contribution >= 0.6 is 12.4 Å². The number of unbranched alkanes of at least 4 members (excludes halogenated alkanes) is 4. The molecule has 0 saturated carbocycles. The Morgan fingerprint density at radius 2 is 1.76 bits per heavy atom. The molecule has 4 N–H and O–H groups in total. The number of nitrogens with two attached hydrogens (primary N) is 1. The minimum atomic E-state index is -0.944. The number of amides is 4. The minimum Gasteiger partial charge on any atom is -0.384 e. The van der Waals surface area contributed by atoms with Crippen LogP contribution in [0.15, 0.2) is 18.2 Å². The number of hydrogen-bond donors (Lipinski definition) is 3. The molecule has 0 spiro atoms. The smallest absolute Gasteiger partial charge is 0.264 e. The van der Waals surface area contributed by atoms with E-state index in [1.54, 1.807) is 18.2 Å². The maximum atomic E-state index is 12.9. The highest BCUT2D eigenvalue weighted by molar-refractivity contribution is 6.25. The van der Waals surface area contributed by atoms with Gasteiger partial charge in [-0.1, -0.05) is 25.3 Å². The Kier molecular flexibility index (Phi) is 8.16. The molecule has 29 heavy (non-hydrogen) atoms. The van der Waals surface area contributed by atoms with Gasteiger partial charge in [-0.05, 0) is 37.9 Å². The lowest BCUT2D eigenvalue weighted by Crippen LogP contribution is -2.54. The molecule has 2 aliphatic heterocycles. The van der Waals surface area contributed by atoms with Crippen LogP contribution in [0.4, 0.5) is 5.69 Å². The predicted octanol–water partition coefficient (Wildman–Crippen LogP) is 1.83. The number of rotatable bonds is 9. The fourth-order valence-corrected chi connectivity index (χ4v) is 3.68. The lowest BCUT2D eigenvalue weighted by atomic mass is 10.0. The Morgan fingerprint density at radius 3 is 2.48 bits per heavy atom. The van der Waals surface area contributed by atoms with Crippen LogP contribution in [0.3, 0.4) is 0 Å². The van der Waals surface area contributed by atoms with Crippen molar-refractivity contribution in [2.75, 3.05) is 18.4 Å². The van der Waals surface area contributed by atoms with Crippen LogP contribution in [0.2, 0.25) is 0 Å². The number of piperidine rings is 1. The third-order valence-electron chi connectivity index (χ3n) is 5.16. The average molecular weight is 423 g/mol. The summed E-state index contributed by atoms with van der Waals surface area (Å²) >= 11 is 0. The zero-order chi connectivity index (χ0) is 20.1. The largest absolute Gasteiger partial charge is 0.384 e. The quantitative estimate of drug-likeness (QED) is 0.412. The minimum absolute atomic E-state index is 0. The molecular formula is C20H27ClN4O4. The van der Waals surface area contributed by atoms with Crippen LogP contribution in [-0.4, -0.2) is 47.7 Å². The molecule has 1 unspecified atom stereocenters. The van der Waals surface area contributed by atoms with Gasteiger partial charge in [0.25, 0.3) is 11.8 Å². The van der Waals surface area contributed by atoms with Gasteiger partial charge in [0.1, 0.15) is 6.04 Å². The fourth-order valence-electron chi connectivity index (χ4n) is 3.68. The van der Waals surface area contributed by atoms with E-state index in [-0.39, 0.29) is 31.2 Å². The number of fused-ring (bicyclic) bond motifs is 1. The average Bonchev–Trinajstić information content (AvgIpc) is 2.93. The molecule has 1 aromatic carbocycles. The molecule has 1 saturated heterocycles. The van der Waals surface area contributed by atoms with Gasteiger partial charge in [-0.25, -0.2) is 0 Å². The van der Waals surface area contributed by atoms with Crippen molar-refractivity contribution < 1.29 is 19.2 Å². The molecular weight excluding hydrogens is 396 g/mol. The zero-order valence-corrected chi connectivity index (χ0v) is 17.1. The number of hydrogen-bond acceptors (Lipinski definition) is 6. The molecule has 2 aliphatic rings. The van der Waals surface area contributed by atoms with E-state index in [2.05, 4.69) is 10.6 Å². The second kappa shape index (κ2) is 10.4. The van der Waals surface area contributed by atoms with Gasteiger partial charge in [-0.15, -0.1) is 12.4 Å². The number of benzene rings is 1. The standard InChI is InChI=1S/C20H26N4O4.ClH/c21-11-4-2-1-3-5-12-22-14-8-6-7-13-17(14)20(28)24(19(13)27)15-9-10-16(25)23-18(15)26;/h6-8,15,22H,1-5,9-12,21H2,(H,23,25,26);1H. The molecule has 2 heterocycles. The lowest BCUT2D eigenvalue weighted by molar-refractivity contribution is -0.136. The summed E-state index contributed by atoms with van der Waals surface area (Å²) in [5, 5.41) is 5.45. The van der Waals surface area contributed by atoms with Crippen molar-refractivity contribution in [1.82, 2.24) is 10.2 Å². The number of imide groups is 2. The topological polar surface area (TPSA) is 122 Å². The van der Waals surface area contributed by atoms with Crippen molar-refractivity contribution in [3.8, 4) is 0 Å². The Labute approximate surface area is 176 Å². The van der Waals surface area contributed by atoms with Gasteiger partial charge in [0.05, 0.1) is 11.1 Å². The van der Waals surface area contributed by atoms with Gasteiger partial charge in [-0.2, -0.15) is 0 Å². The third kappa shape index (κ3) is 4.94. The van der Waals surface area contributed by atoms with Crippen LogP contribution < -0.4 is 16.4 Å². The number of anilines is 1. The summed E-state index contributed by atoms with van der Waals surface area (Å²) in [5.41, 5.74) is 6.69. The monoisotopic (exact) mass is 422 g/mol. The number of nitrogens with one attached hydrogen (secondary N) is 2. The Morgan fingerprint density at radius 1 is 1.03 bits per heavy atom. The van der Waals surface area contributed by atoms with E-state index in [1.807, 2.05) is 0 Å². The highest BCUT2D eigenvalue weighted by atomic mass is 35.5. The number of carbonyl (C=O) groups excluding carboxylic acids is 4.